The summed E-state index contributed by atoms with van der Waals surface area (Å²) < 4.78 is 10.6. The van der Waals surface area contributed by atoms with Gasteiger partial charge in [-0.25, -0.2) is 0 Å². The van der Waals surface area contributed by atoms with E-state index >= 15 is 0 Å². The minimum absolute atomic E-state index is 0.207. The summed E-state index contributed by atoms with van der Waals surface area (Å²) in [5.41, 5.74) is 1.05. The molecule has 0 aliphatic rings. The zero-order valence-corrected chi connectivity index (χ0v) is 12.9. The van der Waals surface area contributed by atoms with Crippen LogP contribution in [-0.2, 0) is 6.54 Å². The van der Waals surface area contributed by atoms with Gasteiger partial charge in [0.2, 0.25) is 0 Å². The van der Waals surface area contributed by atoms with E-state index in [-0.39, 0.29) is 24.6 Å². The van der Waals surface area contributed by atoms with Gasteiger partial charge in [0.25, 0.3) is 5.91 Å². The van der Waals surface area contributed by atoms with E-state index in [0.29, 0.717) is 18.1 Å². The molecule has 3 rings (SSSR count). The summed E-state index contributed by atoms with van der Waals surface area (Å²) in [5, 5.41) is 12.7. The van der Waals surface area contributed by atoms with Gasteiger partial charge in [-0.3, -0.25) is 4.79 Å². The number of carbonyl (C=O) groups excluding carboxylic acids is 1. The highest BCUT2D eigenvalue weighted by molar-refractivity contribution is 5.93. The maximum atomic E-state index is 12.7. The molecule has 1 aromatic carbocycles. The first-order valence-electron chi connectivity index (χ1n) is 7.48. The molecule has 2 heterocycles. The fourth-order valence-corrected chi connectivity index (χ4v) is 2.30. The molecule has 0 aliphatic heterocycles. The average molecular weight is 321 g/mol. The van der Waals surface area contributed by atoms with Crippen molar-refractivity contribution in [1.82, 2.24) is 10.1 Å². The predicted molar refractivity (Wildman–Crippen MR) is 85.6 cm³/mol. The second-order valence-corrected chi connectivity index (χ2v) is 5.16. The third-order valence-corrected chi connectivity index (χ3v) is 3.50. The third kappa shape index (κ3) is 3.52. The van der Waals surface area contributed by atoms with E-state index in [9.17, 15) is 4.79 Å². The summed E-state index contributed by atoms with van der Waals surface area (Å²) in [6, 6.07) is 16.6. The summed E-state index contributed by atoms with van der Waals surface area (Å²) >= 11 is 0. The van der Waals surface area contributed by atoms with E-state index in [2.05, 4.69) is 5.16 Å². The van der Waals surface area contributed by atoms with Crippen molar-refractivity contribution >= 4 is 5.91 Å². The van der Waals surface area contributed by atoms with Gasteiger partial charge in [0.05, 0.1) is 25.3 Å². The van der Waals surface area contributed by atoms with Gasteiger partial charge < -0.3 is 13.8 Å². The topological polar surface area (TPSA) is 83.3 Å². The van der Waals surface area contributed by atoms with Gasteiger partial charge in [-0.2, -0.15) is 5.26 Å². The highest BCUT2D eigenvalue weighted by Crippen LogP contribution is 2.21. The molecule has 1 amide bonds. The van der Waals surface area contributed by atoms with Gasteiger partial charge in [-0.15, -0.1) is 0 Å². The molecule has 2 aromatic heterocycles. The van der Waals surface area contributed by atoms with Gasteiger partial charge in [-0.05, 0) is 12.1 Å². The lowest BCUT2D eigenvalue weighted by molar-refractivity contribution is 0.0725. The van der Waals surface area contributed by atoms with Crippen LogP contribution >= 0.6 is 0 Å². The zero-order valence-electron chi connectivity index (χ0n) is 12.9. The number of hydrogen-bond donors (Lipinski definition) is 0. The molecule has 0 unspecified atom stereocenters. The Hall–Kier alpha value is -3.33. The Morgan fingerprint density at radius 1 is 1.21 bits per heavy atom. The van der Waals surface area contributed by atoms with E-state index in [0.717, 1.165) is 5.56 Å². The molecule has 0 radical (unpaired) electrons. The number of rotatable bonds is 6. The van der Waals surface area contributed by atoms with Gasteiger partial charge >= 0.3 is 0 Å². The van der Waals surface area contributed by atoms with Crippen molar-refractivity contribution < 1.29 is 13.7 Å². The van der Waals surface area contributed by atoms with E-state index in [1.165, 1.54) is 4.90 Å². The second-order valence-electron chi connectivity index (χ2n) is 5.16. The number of benzene rings is 1. The van der Waals surface area contributed by atoms with Crippen LogP contribution in [0.4, 0.5) is 0 Å². The molecule has 0 fully saturated rings. The molecule has 0 aliphatic carbocycles. The highest BCUT2D eigenvalue weighted by atomic mass is 16.5. The number of furan rings is 1. The van der Waals surface area contributed by atoms with Crippen LogP contribution in [0.2, 0.25) is 0 Å². The highest BCUT2D eigenvalue weighted by Gasteiger charge is 2.21. The quantitative estimate of drug-likeness (QED) is 0.694. The van der Waals surface area contributed by atoms with Crippen molar-refractivity contribution in [2.75, 3.05) is 6.54 Å². The summed E-state index contributed by atoms with van der Waals surface area (Å²) in [6.45, 7) is 0.574. The van der Waals surface area contributed by atoms with Crippen LogP contribution in [0.15, 0.2) is 63.7 Å². The lowest BCUT2D eigenvalue weighted by Crippen LogP contribution is -2.31. The van der Waals surface area contributed by atoms with Gasteiger partial charge in [0, 0.05) is 18.2 Å². The van der Waals surface area contributed by atoms with Crippen molar-refractivity contribution in [3.63, 3.8) is 0 Å². The van der Waals surface area contributed by atoms with E-state index in [1.807, 2.05) is 36.4 Å². The van der Waals surface area contributed by atoms with Crippen LogP contribution in [0.3, 0.4) is 0 Å². The zero-order chi connectivity index (χ0) is 16.8. The number of nitriles is 1. The molecule has 0 N–H and O–H groups in total. The molecule has 0 bridgehead atoms. The standard InChI is InChI=1S/C18H15N3O3/c19-9-5-10-21(13-15-8-4-11-23-15)18(22)16-12-17(24-20-16)14-6-2-1-3-7-14/h1-4,6-8,11-12H,5,10,13H2. The van der Waals surface area contributed by atoms with Crippen molar-refractivity contribution in [3.8, 4) is 17.4 Å². The number of carbonyl (C=O) groups is 1. The van der Waals surface area contributed by atoms with Crippen LogP contribution in [0.5, 0.6) is 0 Å². The SMILES string of the molecule is N#CCCN(Cc1ccco1)C(=O)c1cc(-c2ccccc2)on1. The Bertz CT molecular complexity index is 832. The lowest BCUT2D eigenvalue weighted by Gasteiger charge is -2.18. The first kappa shape index (κ1) is 15.6. The fourth-order valence-electron chi connectivity index (χ4n) is 2.30. The van der Waals surface area contributed by atoms with Gasteiger partial charge in [0.1, 0.15) is 5.76 Å². The molecule has 24 heavy (non-hydrogen) atoms. The largest absolute Gasteiger partial charge is 0.467 e. The number of nitrogens with zero attached hydrogens (tertiary/aromatic N) is 3. The van der Waals surface area contributed by atoms with Crippen molar-refractivity contribution in [2.45, 2.75) is 13.0 Å². The number of hydrogen-bond acceptors (Lipinski definition) is 5. The number of aromatic nitrogens is 1. The fraction of sp³-hybridized carbons (Fsp3) is 0.167. The van der Waals surface area contributed by atoms with Crippen LogP contribution in [0.25, 0.3) is 11.3 Å². The average Bonchev–Trinajstić information content (AvgIpc) is 3.30. The Morgan fingerprint density at radius 3 is 2.75 bits per heavy atom. The van der Waals surface area contributed by atoms with E-state index in [1.54, 1.807) is 24.5 Å². The van der Waals surface area contributed by atoms with Crippen molar-refractivity contribution in [2.24, 2.45) is 0 Å². The predicted octanol–water partition coefficient (Wildman–Crippen LogP) is 3.49. The molecular weight excluding hydrogens is 306 g/mol. The van der Waals surface area contributed by atoms with Crippen LogP contribution in [0.1, 0.15) is 22.7 Å². The first-order chi connectivity index (χ1) is 11.8. The third-order valence-electron chi connectivity index (χ3n) is 3.50. The number of amides is 1. The smallest absolute Gasteiger partial charge is 0.276 e. The lowest BCUT2D eigenvalue weighted by atomic mass is 10.1. The molecule has 6 heteroatoms. The summed E-state index contributed by atoms with van der Waals surface area (Å²) in [7, 11) is 0. The van der Waals surface area contributed by atoms with Crippen LogP contribution in [-0.4, -0.2) is 22.5 Å². The van der Waals surface area contributed by atoms with Gasteiger partial charge in [-0.1, -0.05) is 35.5 Å². The summed E-state index contributed by atoms with van der Waals surface area (Å²) in [5.74, 6) is 0.873. The maximum Gasteiger partial charge on any atom is 0.276 e. The normalized spacial score (nSPS) is 10.3. The first-order valence-corrected chi connectivity index (χ1v) is 7.48. The second kappa shape index (κ2) is 7.29. The van der Waals surface area contributed by atoms with E-state index in [4.69, 9.17) is 14.2 Å². The minimum Gasteiger partial charge on any atom is -0.467 e. The van der Waals surface area contributed by atoms with Crippen LogP contribution < -0.4 is 0 Å². The van der Waals surface area contributed by atoms with Crippen molar-refractivity contribution in [3.05, 3.63) is 66.2 Å². The molecule has 0 saturated heterocycles. The summed E-state index contributed by atoms with van der Waals surface area (Å²) in [6.07, 6.45) is 1.78. The van der Waals surface area contributed by atoms with E-state index < -0.39 is 0 Å². The Balaban J connectivity index is 1.79. The Morgan fingerprint density at radius 2 is 2.04 bits per heavy atom. The molecule has 3 aromatic rings. The molecule has 6 nitrogen and oxygen atoms in total. The van der Waals surface area contributed by atoms with Crippen molar-refractivity contribution in [1.29, 1.82) is 5.26 Å². The molecule has 0 spiro atoms. The maximum absolute atomic E-state index is 12.7. The summed E-state index contributed by atoms with van der Waals surface area (Å²) in [4.78, 5) is 14.2. The Labute approximate surface area is 138 Å². The monoisotopic (exact) mass is 321 g/mol. The Kier molecular flexibility index (Phi) is 4.73. The molecular formula is C18H15N3O3. The minimum atomic E-state index is -0.299. The molecule has 0 atom stereocenters. The van der Waals surface area contributed by atoms with Crippen LogP contribution in [0, 0.1) is 11.3 Å². The molecule has 120 valence electrons. The molecule has 0 saturated carbocycles. The van der Waals surface area contributed by atoms with Gasteiger partial charge in [0.15, 0.2) is 11.5 Å².